The highest BCUT2D eigenvalue weighted by Gasteiger charge is 2.12. The topological polar surface area (TPSA) is 83.6 Å². The molecule has 0 spiro atoms. The van der Waals surface area contributed by atoms with Gasteiger partial charge in [0, 0.05) is 23.1 Å². The molecule has 0 unspecified atom stereocenters. The standard InChI is InChI=1S/C20H17N5OS/c1-13-21-19(25-24-13)15-8-5-9-16(11-15)22-20(26)17-12-27-18(23-17)10-14-6-3-2-4-7-14/h2-9,11-12H,10H2,1H3,(H,22,26)(H,21,24,25). The molecule has 27 heavy (non-hydrogen) atoms. The summed E-state index contributed by atoms with van der Waals surface area (Å²) in [7, 11) is 0. The zero-order valence-electron chi connectivity index (χ0n) is 14.6. The average molecular weight is 375 g/mol. The molecule has 2 heterocycles. The SMILES string of the molecule is Cc1nc(-c2cccc(NC(=O)c3csc(Cc4ccccc4)n3)c2)n[nH]1. The fourth-order valence-electron chi connectivity index (χ4n) is 2.67. The minimum atomic E-state index is -0.228. The molecular formula is C20H17N5OS. The zero-order valence-corrected chi connectivity index (χ0v) is 15.5. The first-order valence-electron chi connectivity index (χ1n) is 8.46. The van der Waals surface area contributed by atoms with Gasteiger partial charge in [-0.3, -0.25) is 9.89 Å². The van der Waals surface area contributed by atoms with Crippen molar-refractivity contribution >= 4 is 22.9 Å². The number of nitrogens with zero attached hydrogens (tertiary/aromatic N) is 3. The van der Waals surface area contributed by atoms with E-state index in [1.807, 2.05) is 49.4 Å². The number of benzene rings is 2. The summed E-state index contributed by atoms with van der Waals surface area (Å²) in [4.78, 5) is 21.3. The minimum Gasteiger partial charge on any atom is -0.321 e. The van der Waals surface area contributed by atoms with Crippen molar-refractivity contribution in [3.63, 3.8) is 0 Å². The maximum Gasteiger partial charge on any atom is 0.275 e. The van der Waals surface area contributed by atoms with Crippen LogP contribution in [0, 0.1) is 6.92 Å². The van der Waals surface area contributed by atoms with E-state index in [2.05, 4.69) is 37.6 Å². The van der Waals surface area contributed by atoms with Gasteiger partial charge in [0.15, 0.2) is 5.82 Å². The molecule has 0 atom stereocenters. The predicted molar refractivity (Wildman–Crippen MR) is 106 cm³/mol. The van der Waals surface area contributed by atoms with Crippen LogP contribution in [0.5, 0.6) is 0 Å². The molecule has 0 aliphatic heterocycles. The van der Waals surface area contributed by atoms with E-state index in [4.69, 9.17) is 0 Å². The number of hydrogen-bond donors (Lipinski definition) is 2. The molecule has 0 saturated heterocycles. The van der Waals surface area contributed by atoms with E-state index in [0.717, 1.165) is 22.8 Å². The second-order valence-electron chi connectivity index (χ2n) is 6.07. The number of aromatic amines is 1. The molecule has 2 aromatic heterocycles. The second-order valence-corrected chi connectivity index (χ2v) is 7.01. The van der Waals surface area contributed by atoms with Gasteiger partial charge in [-0.05, 0) is 24.6 Å². The Morgan fingerprint density at radius 2 is 1.96 bits per heavy atom. The van der Waals surface area contributed by atoms with Crippen LogP contribution in [0.15, 0.2) is 60.0 Å². The maximum absolute atomic E-state index is 12.5. The van der Waals surface area contributed by atoms with Gasteiger partial charge in [-0.25, -0.2) is 9.97 Å². The van der Waals surface area contributed by atoms with Crippen molar-refractivity contribution in [1.29, 1.82) is 0 Å². The fourth-order valence-corrected chi connectivity index (χ4v) is 3.48. The lowest BCUT2D eigenvalue weighted by molar-refractivity contribution is 0.102. The quantitative estimate of drug-likeness (QED) is 0.550. The van der Waals surface area contributed by atoms with E-state index < -0.39 is 0 Å². The Bertz CT molecular complexity index is 1070. The molecule has 134 valence electrons. The lowest BCUT2D eigenvalue weighted by Crippen LogP contribution is -2.12. The number of carbonyl (C=O) groups is 1. The number of anilines is 1. The summed E-state index contributed by atoms with van der Waals surface area (Å²) in [5.41, 5.74) is 3.11. The van der Waals surface area contributed by atoms with Gasteiger partial charge in [0.05, 0.1) is 5.01 Å². The third-order valence-electron chi connectivity index (χ3n) is 3.96. The van der Waals surface area contributed by atoms with E-state index >= 15 is 0 Å². The van der Waals surface area contributed by atoms with Crippen molar-refractivity contribution in [1.82, 2.24) is 20.2 Å². The third-order valence-corrected chi connectivity index (χ3v) is 4.81. The Hall–Kier alpha value is -3.32. The number of aryl methyl sites for hydroxylation is 1. The summed E-state index contributed by atoms with van der Waals surface area (Å²) < 4.78 is 0. The molecule has 2 N–H and O–H groups in total. The van der Waals surface area contributed by atoms with Crippen molar-refractivity contribution in [2.75, 3.05) is 5.32 Å². The van der Waals surface area contributed by atoms with Crippen LogP contribution < -0.4 is 5.32 Å². The van der Waals surface area contributed by atoms with Gasteiger partial charge < -0.3 is 5.32 Å². The molecule has 4 aromatic rings. The van der Waals surface area contributed by atoms with Crippen molar-refractivity contribution in [2.45, 2.75) is 13.3 Å². The van der Waals surface area contributed by atoms with Crippen LogP contribution in [0.2, 0.25) is 0 Å². The number of thiazole rings is 1. The van der Waals surface area contributed by atoms with E-state index in [1.54, 1.807) is 5.38 Å². The molecule has 0 radical (unpaired) electrons. The summed E-state index contributed by atoms with van der Waals surface area (Å²) in [6, 6.07) is 17.5. The molecule has 0 fully saturated rings. The number of amides is 1. The van der Waals surface area contributed by atoms with Crippen LogP contribution in [-0.2, 0) is 6.42 Å². The lowest BCUT2D eigenvalue weighted by atomic mass is 10.2. The molecule has 0 bridgehead atoms. The van der Waals surface area contributed by atoms with Crippen LogP contribution in [0.25, 0.3) is 11.4 Å². The maximum atomic E-state index is 12.5. The van der Waals surface area contributed by atoms with Crippen LogP contribution in [-0.4, -0.2) is 26.1 Å². The Morgan fingerprint density at radius 3 is 2.74 bits per heavy atom. The molecule has 0 saturated carbocycles. The smallest absolute Gasteiger partial charge is 0.275 e. The summed E-state index contributed by atoms with van der Waals surface area (Å²) >= 11 is 1.49. The monoisotopic (exact) mass is 375 g/mol. The largest absolute Gasteiger partial charge is 0.321 e. The first-order chi connectivity index (χ1) is 13.2. The van der Waals surface area contributed by atoms with Crippen molar-refractivity contribution < 1.29 is 4.79 Å². The average Bonchev–Trinajstić information content (AvgIpc) is 3.32. The second kappa shape index (κ2) is 7.51. The Morgan fingerprint density at radius 1 is 1.11 bits per heavy atom. The van der Waals surface area contributed by atoms with Crippen LogP contribution in [0.3, 0.4) is 0 Å². The van der Waals surface area contributed by atoms with Crippen LogP contribution in [0.1, 0.15) is 26.9 Å². The van der Waals surface area contributed by atoms with Gasteiger partial charge in [0.1, 0.15) is 11.5 Å². The molecule has 1 amide bonds. The third kappa shape index (κ3) is 4.09. The highest BCUT2D eigenvalue weighted by atomic mass is 32.1. The number of hydrogen-bond acceptors (Lipinski definition) is 5. The van der Waals surface area contributed by atoms with E-state index in [0.29, 0.717) is 17.2 Å². The number of nitrogens with one attached hydrogen (secondary N) is 2. The van der Waals surface area contributed by atoms with Gasteiger partial charge in [-0.15, -0.1) is 11.3 Å². The number of H-pyrrole nitrogens is 1. The molecule has 4 rings (SSSR count). The minimum absolute atomic E-state index is 0.228. The molecule has 6 nitrogen and oxygen atoms in total. The first kappa shape index (κ1) is 17.1. The van der Waals surface area contributed by atoms with E-state index in [-0.39, 0.29) is 5.91 Å². The summed E-state index contributed by atoms with van der Waals surface area (Å²) in [5.74, 6) is 1.11. The Kier molecular flexibility index (Phi) is 4.76. The normalized spacial score (nSPS) is 10.7. The van der Waals surface area contributed by atoms with Gasteiger partial charge in [0.25, 0.3) is 5.91 Å². The lowest BCUT2D eigenvalue weighted by Gasteiger charge is -2.04. The van der Waals surface area contributed by atoms with E-state index in [1.165, 1.54) is 16.9 Å². The number of carbonyl (C=O) groups excluding carboxylic acids is 1. The zero-order chi connectivity index (χ0) is 18.6. The number of rotatable bonds is 5. The molecule has 2 aromatic carbocycles. The Balaban J connectivity index is 1.46. The van der Waals surface area contributed by atoms with E-state index in [9.17, 15) is 4.79 Å². The predicted octanol–water partition coefficient (Wildman–Crippen LogP) is 4.08. The molecule has 7 heteroatoms. The highest BCUT2D eigenvalue weighted by molar-refractivity contribution is 7.09. The molecule has 0 aliphatic rings. The molecular weight excluding hydrogens is 358 g/mol. The van der Waals surface area contributed by atoms with Gasteiger partial charge in [0.2, 0.25) is 0 Å². The summed E-state index contributed by atoms with van der Waals surface area (Å²) in [6.07, 6.45) is 0.721. The summed E-state index contributed by atoms with van der Waals surface area (Å²) in [6.45, 7) is 1.84. The van der Waals surface area contributed by atoms with Crippen molar-refractivity contribution in [3.05, 3.63) is 82.1 Å². The van der Waals surface area contributed by atoms with Crippen LogP contribution in [0.4, 0.5) is 5.69 Å². The summed E-state index contributed by atoms with van der Waals surface area (Å²) in [5, 5.41) is 12.6. The first-order valence-corrected chi connectivity index (χ1v) is 9.34. The van der Waals surface area contributed by atoms with Gasteiger partial charge in [-0.2, -0.15) is 5.10 Å². The van der Waals surface area contributed by atoms with Gasteiger partial charge >= 0.3 is 0 Å². The van der Waals surface area contributed by atoms with Crippen molar-refractivity contribution in [3.8, 4) is 11.4 Å². The van der Waals surface area contributed by atoms with Crippen LogP contribution >= 0.6 is 11.3 Å². The Labute approximate surface area is 160 Å². The fraction of sp³-hybridized carbons (Fsp3) is 0.100. The molecule has 0 aliphatic carbocycles. The van der Waals surface area contributed by atoms with Crippen molar-refractivity contribution in [2.24, 2.45) is 0 Å². The highest BCUT2D eigenvalue weighted by Crippen LogP contribution is 2.21. The van der Waals surface area contributed by atoms with Gasteiger partial charge in [-0.1, -0.05) is 42.5 Å². The number of aromatic nitrogens is 4.